The summed E-state index contributed by atoms with van der Waals surface area (Å²) in [7, 11) is 3.14. The van der Waals surface area contributed by atoms with Gasteiger partial charge in [0.15, 0.2) is 11.5 Å². The zero-order valence-electron chi connectivity index (χ0n) is 12.2. The standard InChI is InChI=1S/C15H17ClN2O3/c1-4-6-10-14(16)17-9-18-15(10)21-13-11(19-2)7-5-8-12(13)20-3/h5,7-9H,4,6H2,1-3H3. The number of hydrogen-bond donors (Lipinski definition) is 0. The molecule has 1 aromatic carbocycles. The number of methoxy groups -OCH3 is 2. The maximum absolute atomic E-state index is 6.13. The first-order valence-electron chi connectivity index (χ1n) is 6.59. The van der Waals surface area contributed by atoms with Crippen LogP contribution in [0.4, 0.5) is 0 Å². The van der Waals surface area contributed by atoms with E-state index < -0.39 is 0 Å². The monoisotopic (exact) mass is 308 g/mol. The molecule has 0 N–H and O–H groups in total. The predicted molar refractivity (Wildman–Crippen MR) is 80.7 cm³/mol. The Bertz CT molecular complexity index is 598. The summed E-state index contributed by atoms with van der Waals surface area (Å²) in [5, 5.41) is 0.399. The van der Waals surface area contributed by atoms with Gasteiger partial charge in [-0.15, -0.1) is 0 Å². The number of rotatable bonds is 6. The molecule has 0 amide bonds. The maximum Gasteiger partial charge on any atom is 0.227 e. The third kappa shape index (κ3) is 3.36. The fourth-order valence-corrected chi connectivity index (χ4v) is 2.16. The third-order valence-corrected chi connectivity index (χ3v) is 3.26. The molecular weight excluding hydrogens is 292 g/mol. The summed E-state index contributed by atoms with van der Waals surface area (Å²) in [5.41, 5.74) is 0.773. The van der Waals surface area contributed by atoms with E-state index in [0.717, 1.165) is 18.4 Å². The summed E-state index contributed by atoms with van der Waals surface area (Å²) in [4.78, 5) is 8.17. The minimum atomic E-state index is 0.399. The summed E-state index contributed by atoms with van der Waals surface area (Å²) < 4.78 is 16.5. The lowest BCUT2D eigenvalue weighted by Crippen LogP contribution is -2.00. The average molecular weight is 309 g/mol. The molecule has 0 spiro atoms. The van der Waals surface area contributed by atoms with Crippen LogP contribution in [0.2, 0.25) is 5.15 Å². The minimum Gasteiger partial charge on any atom is -0.493 e. The summed E-state index contributed by atoms with van der Waals surface area (Å²) in [6.45, 7) is 2.05. The smallest absolute Gasteiger partial charge is 0.227 e. The second-order valence-electron chi connectivity index (χ2n) is 4.29. The van der Waals surface area contributed by atoms with Crippen molar-refractivity contribution in [2.45, 2.75) is 19.8 Å². The van der Waals surface area contributed by atoms with Gasteiger partial charge >= 0.3 is 0 Å². The maximum atomic E-state index is 6.13. The highest BCUT2D eigenvalue weighted by Crippen LogP contribution is 2.40. The van der Waals surface area contributed by atoms with Gasteiger partial charge in [0.05, 0.1) is 19.8 Å². The number of aromatic nitrogens is 2. The molecule has 0 radical (unpaired) electrons. The van der Waals surface area contributed by atoms with Crippen molar-refractivity contribution in [3.8, 4) is 23.1 Å². The SMILES string of the molecule is CCCc1c(Cl)ncnc1Oc1c(OC)cccc1OC. The molecule has 2 aromatic rings. The van der Waals surface area contributed by atoms with Gasteiger partial charge in [-0.25, -0.2) is 9.97 Å². The fraction of sp³-hybridized carbons (Fsp3) is 0.333. The first kappa shape index (κ1) is 15.4. The van der Waals surface area contributed by atoms with Gasteiger partial charge in [0.2, 0.25) is 11.6 Å². The highest BCUT2D eigenvalue weighted by atomic mass is 35.5. The number of benzene rings is 1. The van der Waals surface area contributed by atoms with Crippen LogP contribution >= 0.6 is 11.6 Å². The molecule has 1 heterocycles. The van der Waals surface area contributed by atoms with Gasteiger partial charge in [-0.3, -0.25) is 0 Å². The summed E-state index contributed by atoms with van der Waals surface area (Å²) in [6.07, 6.45) is 3.01. The fourth-order valence-electron chi connectivity index (χ4n) is 1.94. The van der Waals surface area contributed by atoms with Gasteiger partial charge in [-0.1, -0.05) is 31.0 Å². The largest absolute Gasteiger partial charge is 0.493 e. The number of halogens is 1. The van der Waals surface area contributed by atoms with Crippen LogP contribution in [0.15, 0.2) is 24.5 Å². The van der Waals surface area contributed by atoms with Crippen LogP contribution in [0.1, 0.15) is 18.9 Å². The molecular formula is C15H17ClN2O3. The van der Waals surface area contributed by atoms with Crippen molar-refractivity contribution in [1.82, 2.24) is 9.97 Å². The van der Waals surface area contributed by atoms with Crippen LogP contribution in [0.25, 0.3) is 0 Å². The molecule has 2 rings (SSSR count). The van der Waals surface area contributed by atoms with Crippen molar-refractivity contribution >= 4 is 11.6 Å². The number of hydrogen-bond acceptors (Lipinski definition) is 5. The first-order valence-corrected chi connectivity index (χ1v) is 6.97. The van der Waals surface area contributed by atoms with E-state index in [1.54, 1.807) is 26.4 Å². The molecule has 6 heteroatoms. The third-order valence-electron chi connectivity index (χ3n) is 2.93. The first-order chi connectivity index (χ1) is 10.2. The summed E-state index contributed by atoms with van der Waals surface area (Å²) in [5.74, 6) is 2.01. The van der Waals surface area contributed by atoms with E-state index in [-0.39, 0.29) is 0 Å². The predicted octanol–water partition coefficient (Wildman–Crippen LogP) is 3.89. The van der Waals surface area contributed by atoms with Crippen molar-refractivity contribution in [3.05, 3.63) is 35.2 Å². The van der Waals surface area contributed by atoms with E-state index in [9.17, 15) is 0 Å². The molecule has 0 aliphatic rings. The molecule has 0 atom stereocenters. The molecule has 0 saturated carbocycles. The van der Waals surface area contributed by atoms with Crippen LogP contribution in [0, 0.1) is 0 Å². The van der Waals surface area contributed by atoms with E-state index in [1.807, 2.05) is 6.07 Å². The van der Waals surface area contributed by atoms with E-state index in [2.05, 4.69) is 16.9 Å². The Kier molecular flexibility index (Phi) is 5.22. The molecule has 0 unspecified atom stereocenters. The topological polar surface area (TPSA) is 53.5 Å². The minimum absolute atomic E-state index is 0.399. The molecule has 5 nitrogen and oxygen atoms in total. The Morgan fingerprint density at radius 2 is 1.76 bits per heavy atom. The lowest BCUT2D eigenvalue weighted by molar-refractivity contribution is 0.340. The van der Waals surface area contributed by atoms with Crippen molar-refractivity contribution in [2.75, 3.05) is 14.2 Å². The average Bonchev–Trinajstić information content (AvgIpc) is 2.51. The Morgan fingerprint density at radius 3 is 2.33 bits per heavy atom. The normalized spacial score (nSPS) is 10.3. The van der Waals surface area contributed by atoms with Gasteiger partial charge in [0.1, 0.15) is 11.5 Å². The Morgan fingerprint density at radius 1 is 1.10 bits per heavy atom. The number of para-hydroxylation sites is 1. The van der Waals surface area contributed by atoms with E-state index in [1.165, 1.54) is 6.33 Å². The molecule has 0 bridgehead atoms. The van der Waals surface area contributed by atoms with Gasteiger partial charge in [-0.2, -0.15) is 0 Å². The zero-order valence-corrected chi connectivity index (χ0v) is 13.0. The molecule has 0 aliphatic carbocycles. The highest BCUT2D eigenvalue weighted by Gasteiger charge is 2.17. The molecule has 21 heavy (non-hydrogen) atoms. The Hall–Kier alpha value is -2.01. The second-order valence-corrected chi connectivity index (χ2v) is 4.65. The zero-order chi connectivity index (χ0) is 15.2. The van der Waals surface area contributed by atoms with Crippen molar-refractivity contribution in [2.24, 2.45) is 0 Å². The molecule has 0 fully saturated rings. The number of nitrogens with zero attached hydrogens (tertiary/aromatic N) is 2. The van der Waals surface area contributed by atoms with E-state index >= 15 is 0 Å². The van der Waals surface area contributed by atoms with Crippen LogP contribution in [-0.4, -0.2) is 24.2 Å². The molecule has 0 saturated heterocycles. The molecule has 1 aromatic heterocycles. The lowest BCUT2D eigenvalue weighted by Gasteiger charge is -2.15. The quantitative estimate of drug-likeness (QED) is 0.758. The highest BCUT2D eigenvalue weighted by molar-refractivity contribution is 6.30. The molecule has 112 valence electrons. The lowest BCUT2D eigenvalue weighted by atomic mass is 10.2. The number of ether oxygens (including phenoxy) is 3. The van der Waals surface area contributed by atoms with Gasteiger partial charge in [0, 0.05) is 0 Å². The van der Waals surface area contributed by atoms with Crippen LogP contribution < -0.4 is 14.2 Å². The van der Waals surface area contributed by atoms with Crippen LogP contribution in [0.3, 0.4) is 0 Å². The van der Waals surface area contributed by atoms with Crippen molar-refractivity contribution < 1.29 is 14.2 Å². The van der Waals surface area contributed by atoms with Crippen molar-refractivity contribution in [3.63, 3.8) is 0 Å². The molecule has 0 aliphatic heterocycles. The Labute approximate surface area is 128 Å². The van der Waals surface area contributed by atoms with Gasteiger partial charge in [-0.05, 0) is 18.6 Å². The van der Waals surface area contributed by atoms with Gasteiger partial charge in [0.25, 0.3) is 0 Å². The second kappa shape index (κ2) is 7.13. The van der Waals surface area contributed by atoms with Crippen molar-refractivity contribution in [1.29, 1.82) is 0 Å². The Balaban J connectivity index is 2.45. The van der Waals surface area contributed by atoms with Gasteiger partial charge < -0.3 is 14.2 Å². The van der Waals surface area contributed by atoms with E-state index in [0.29, 0.717) is 28.3 Å². The van der Waals surface area contributed by atoms with Crippen LogP contribution in [-0.2, 0) is 6.42 Å². The van der Waals surface area contributed by atoms with E-state index in [4.69, 9.17) is 25.8 Å². The summed E-state index contributed by atoms with van der Waals surface area (Å²) in [6, 6.07) is 5.41. The van der Waals surface area contributed by atoms with Crippen LogP contribution in [0.5, 0.6) is 23.1 Å². The summed E-state index contributed by atoms with van der Waals surface area (Å²) >= 11 is 6.13.